The first-order chi connectivity index (χ1) is 8.26. The molecule has 0 aromatic heterocycles. The van der Waals surface area contributed by atoms with Gasteiger partial charge in [0.15, 0.2) is 0 Å². The van der Waals surface area contributed by atoms with Gasteiger partial charge in [-0.2, -0.15) is 0 Å². The van der Waals surface area contributed by atoms with Crippen molar-refractivity contribution in [3.05, 3.63) is 0 Å². The molecule has 100 valence electrons. The zero-order chi connectivity index (χ0) is 12.5. The van der Waals surface area contributed by atoms with Crippen molar-refractivity contribution < 1.29 is 9.90 Å². The number of nitrogens with zero attached hydrogens (tertiary/aromatic N) is 1. The smallest absolute Gasteiger partial charge is 0.234 e. The fourth-order valence-corrected chi connectivity index (χ4v) is 2.07. The molecule has 1 fully saturated rings. The predicted molar refractivity (Wildman–Crippen MR) is 67.9 cm³/mol. The van der Waals surface area contributed by atoms with E-state index >= 15 is 0 Å². The Morgan fingerprint density at radius 3 is 3.00 bits per heavy atom. The molecule has 17 heavy (non-hydrogen) atoms. The molecule has 1 atom stereocenters. The maximum atomic E-state index is 11.8. The number of hydrogen-bond acceptors (Lipinski definition) is 4. The third kappa shape index (κ3) is 6.00. The Balaban J connectivity index is 2.26. The highest BCUT2D eigenvalue weighted by molar-refractivity contribution is 5.78. The number of rotatable bonds is 6. The molecule has 5 heteroatoms. The minimum atomic E-state index is 0.0761. The van der Waals surface area contributed by atoms with Crippen molar-refractivity contribution in [2.75, 3.05) is 39.3 Å². The minimum absolute atomic E-state index is 0.0761. The molecule has 0 aliphatic carbocycles. The van der Waals surface area contributed by atoms with Crippen LogP contribution in [0, 0.1) is 0 Å². The first-order valence-corrected chi connectivity index (χ1v) is 6.59. The number of carbonyl (C=O) groups excluding carboxylic acids is 1. The first kappa shape index (κ1) is 14.4. The van der Waals surface area contributed by atoms with E-state index in [0.717, 1.165) is 39.0 Å². The summed E-state index contributed by atoms with van der Waals surface area (Å²) in [5.74, 6) is 0.0761. The van der Waals surface area contributed by atoms with E-state index < -0.39 is 0 Å². The van der Waals surface area contributed by atoms with Crippen LogP contribution < -0.4 is 10.6 Å². The standard InChI is InChI=1S/C12H25N3O2/c1-2-11(4-9-16)14-12(17)10-15-7-3-5-13-6-8-15/h11,13,16H,2-10H2,1H3,(H,14,17). The molecule has 1 saturated heterocycles. The van der Waals surface area contributed by atoms with Crippen molar-refractivity contribution in [3.63, 3.8) is 0 Å². The Morgan fingerprint density at radius 2 is 2.29 bits per heavy atom. The fourth-order valence-electron chi connectivity index (χ4n) is 2.07. The van der Waals surface area contributed by atoms with Gasteiger partial charge in [0.2, 0.25) is 5.91 Å². The van der Waals surface area contributed by atoms with Gasteiger partial charge in [-0.3, -0.25) is 9.69 Å². The van der Waals surface area contributed by atoms with E-state index in [1.54, 1.807) is 0 Å². The second-order valence-electron chi connectivity index (χ2n) is 4.56. The molecule has 1 aliphatic heterocycles. The third-order valence-electron chi connectivity index (χ3n) is 3.14. The number of aliphatic hydroxyl groups excluding tert-OH is 1. The van der Waals surface area contributed by atoms with Crippen molar-refractivity contribution in [1.29, 1.82) is 0 Å². The van der Waals surface area contributed by atoms with E-state index in [1.165, 1.54) is 0 Å². The van der Waals surface area contributed by atoms with Gasteiger partial charge < -0.3 is 15.7 Å². The SMILES string of the molecule is CCC(CCO)NC(=O)CN1CCCNCC1. The summed E-state index contributed by atoms with van der Waals surface area (Å²) in [6, 6.07) is 0.109. The zero-order valence-electron chi connectivity index (χ0n) is 10.7. The van der Waals surface area contributed by atoms with Crippen LogP contribution in [0.2, 0.25) is 0 Å². The Hall–Kier alpha value is -0.650. The van der Waals surface area contributed by atoms with E-state index in [1.807, 2.05) is 6.92 Å². The van der Waals surface area contributed by atoms with Gasteiger partial charge in [-0.05, 0) is 32.4 Å². The second-order valence-corrected chi connectivity index (χ2v) is 4.56. The summed E-state index contributed by atoms with van der Waals surface area (Å²) in [7, 11) is 0. The van der Waals surface area contributed by atoms with Gasteiger partial charge in [0.05, 0.1) is 6.54 Å². The van der Waals surface area contributed by atoms with Crippen LogP contribution in [0.25, 0.3) is 0 Å². The van der Waals surface area contributed by atoms with E-state index in [4.69, 9.17) is 5.11 Å². The maximum Gasteiger partial charge on any atom is 0.234 e. The lowest BCUT2D eigenvalue weighted by Crippen LogP contribution is -2.43. The summed E-state index contributed by atoms with van der Waals surface area (Å²) in [4.78, 5) is 14.0. The van der Waals surface area contributed by atoms with Crippen LogP contribution in [0.1, 0.15) is 26.2 Å². The fraction of sp³-hybridized carbons (Fsp3) is 0.917. The molecule has 0 saturated carbocycles. The molecule has 5 nitrogen and oxygen atoms in total. The molecule has 1 amide bonds. The highest BCUT2D eigenvalue weighted by Crippen LogP contribution is 1.98. The summed E-state index contributed by atoms with van der Waals surface area (Å²) in [6.45, 7) is 6.55. The predicted octanol–water partition coefficient (Wildman–Crippen LogP) is -0.441. The number of carbonyl (C=O) groups is 1. The molecule has 0 radical (unpaired) electrons. The number of amides is 1. The van der Waals surface area contributed by atoms with Crippen LogP contribution in [-0.4, -0.2) is 61.3 Å². The molecule has 0 spiro atoms. The largest absolute Gasteiger partial charge is 0.396 e. The van der Waals surface area contributed by atoms with Crippen LogP contribution in [0.5, 0.6) is 0 Å². The molecule has 0 aromatic carbocycles. The Kier molecular flexibility index (Phi) is 7.16. The summed E-state index contributed by atoms with van der Waals surface area (Å²) in [5, 5.41) is 15.2. The van der Waals surface area contributed by atoms with Gasteiger partial charge in [-0.1, -0.05) is 6.92 Å². The van der Waals surface area contributed by atoms with Crippen molar-refractivity contribution in [3.8, 4) is 0 Å². The minimum Gasteiger partial charge on any atom is -0.396 e. The molecule has 0 bridgehead atoms. The number of aliphatic hydroxyl groups is 1. The van der Waals surface area contributed by atoms with Gasteiger partial charge in [-0.15, -0.1) is 0 Å². The average Bonchev–Trinajstić information content (AvgIpc) is 2.57. The normalized spacial score (nSPS) is 19.6. The summed E-state index contributed by atoms with van der Waals surface area (Å²) >= 11 is 0. The second kappa shape index (κ2) is 8.44. The van der Waals surface area contributed by atoms with E-state index in [0.29, 0.717) is 13.0 Å². The summed E-state index contributed by atoms with van der Waals surface area (Å²) in [5.41, 5.74) is 0. The summed E-state index contributed by atoms with van der Waals surface area (Å²) in [6.07, 6.45) is 2.61. The number of hydrogen-bond donors (Lipinski definition) is 3. The van der Waals surface area contributed by atoms with Crippen LogP contribution in [0.15, 0.2) is 0 Å². The Bertz CT molecular complexity index is 216. The quantitative estimate of drug-likeness (QED) is 0.592. The molecule has 1 rings (SSSR count). The topological polar surface area (TPSA) is 64.6 Å². The highest BCUT2D eigenvalue weighted by atomic mass is 16.3. The van der Waals surface area contributed by atoms with Gasteiger partial charge >= 0.3 is 0 Å². The molecule has 1 unspecified atom stereocenters. The Morgan fingerprint density at radius 1 is 1.47 bits per heavy atom. The Labute approximate surface area is 104 Å². The molecule has 1 heterocycles. The van der Waals surface area contributed by atoms with Crippen LogP contribution in [-0.2, 0) is 4.79 Å². The van der Waals surface area contributed by atoms with E-state index in [9.17, 15) is 4.79 Å². The molecule has 0 aromatic rings. The van der Waals surface area contributed by atoms with Crippen LogP contribution in [0.3, 0.4) is 0 Å². The average molecular weight is 243 g/mol. The van der Waals surface area contributed by atoms with Gasteiger partial charge in [0.1, 0.15) is 0 Å². The highest BCUT2D eigenvalue weighted by Gasteiger charge is 2.15. The van der Waals surface area contributed by atoms with E-state index in [2.05, 4.69) is 15.5 Å². The lowest BCUT2D eigenvalue weighted by molar-refractivity contribution is -0.123. The lowest BCUT2D eigenvalue weighted by Gasteiger charge is -2.21. The lowest BCUT2D eigenvalue weighted by atomic mass is 10.1. The summed E-state index contributed by atoms with van der Waals surface area (Å²) < 4.78 is 0. The van der Waals surface area contributed by atoms with Gasteiger partial charge in [-0.25, -0.2) is 0 Å². The van der Waals surface area contributed by atoms with Crippen molar-refractivity contribution in [1.82, 2.24) is 15.5 Å². The first-order valence-electron chi connectivity index (χ1n) is 6.59. The van der Waals surface area contributed by atoms with Gasteiger partial charge in [0, 0.05) is 25.7 Å². The molecule has 3 N–H and O–H groups in total. The van der Waals surface area contributed by atoms with Crippen LogP contribution in [0.4, 0.5) is 0 Å². The molecular weight excluding hydrogens is 218 g/mol. The maximum absolute atomic E-state index is 11.8. The monoisotopic (exact) mass is 243 g/mol. The zero-order valence-corrected chi connectivity index (χ0v) is 10.7. The molecular formula is C12H25N3O2. The van der Waals surface area contributed by atoms with Crippen LogP contribution >= 0.6 is 0 Å². The van der Waals surface area contributed by atoms with Crippen molar-refractivity contribution >= 4 is 5.91 Å². The van der Waals surface area contributed by atoms with Crippen molar-refractivity contribution in [2.45, 2.75) is 32.2 Å². The number of nitrogens with one attached hydrogen (secondary N) is 2. The third-order valence-corrected chi connectivity index (χ3v) is 3.14. The van der Waals surface area contributed by atoms with Gasteiger partial charge in [0.25, 0.3) is 0 Å². The van der Waals surface area contributed by atoms with E-state index in [-0.39, 0.29) is 18.6 Å². The van der Waals surface area contributed by atoms with Crippen molar-refractivity contribution in [2.24, 2.45) is 0 Å². The molecule has 1 aliphatic rings.